The van der Waals surface area contributed by atoms with Crippen molar-refractivity contribution in [3.05, 3.63) is 70.1 Å². The number of allylic oxidation sites excluding steroid dienone is 1. The van der Waals surface area contributed by atoms with Crippen molar-refractivity contribution in [2.45, 2.75) is 125 Å². The quantitative estimate of drug-likeness (QED) is 0.135. The van der Waals surface area contributed by atoms with E-state index in [-0.39, 0.29) is 35.3 Å². The van der Waals surface area contributed by atoms with E-state index in [0.717, 1.165) is 54.8 Å². The number of benzene rings is 2. The third kappa shape index (κ3) is 7.84. The summed E-state index contributed by atoms with van der Waals surface area (Å²) in [6.45, 7) is 13.9. The summed E-state index contributed by atoms with van der Waals surface area (Å²) in [7, 11) is 1.58. The highest BCUT2D eigenvalue weighted by Gasteiger charge is 2.56. The van der Waals surface area contributed by atoms with E-state index in [4.69, 9.17) is 23.4 Å². The van der Waals surface area contributed by atoms with Crippen molar-refractivity contribution in [1.29, 1.82) is 0 Å². The standard InChI is InChI=1S/C47H62O7/c1-29(2)10-8-11-30(3)32-14-19-40-38-17-15-33-24-37(20-23-47(33,6)41(38)21-22-46(40,5)27-32)53-43(48)28-51-35-16-18-39-42(26-35)52-31(4)45(44(39)49)54-36-13-9-12-34(25-36)50-7/h9,12-13,15-16,18,25-26,29-30,32,37-38,40-41H,8,10-11,14,17,19-24,27-28H2,1-7H3/t30-,32+,37+,38-,40+,41+,46+,47-/m0/s1. The molecule has 0 aliphatic heterocycles. The summed E-state index contributed by atoms with van der Waals surface area (Å²) in [5.41, 5.74) is 2.27. The van der Waals surface area contributed by atoms with E-state index in [1.807, 2.05) is 0 Å². The predicted molar refractivity (Wildman–Crippen MR) is 213 cm³/mol. The first-order valence-electron chi connectivity index (χ1n) is 20.8. The number of hydrogen-bond donors (Lipinski definition) is 0. The van der Waals surface area contributed by atoms with Gasteiger partial charge in [0, 0.05) is 18.6 Å². The Morgan fingerprint density at radius 2 is 1.76 bits per heavy atom. The van der Waals surface area contributed by atoms with Crippen molar-refractivity contribution >= 4 is 16.9 Å². The van der Waals surface area contributed by atoms with Crippen LogP contribution in [0.15, 0.2) is 63.3 Å². The van der Waals surface area contributed by atoms with Gasteiger partial charge in [-0.25, -0.2) is 4.79 Å². The summed E-state index contributed by atoms with van der Waals surface area (Å²) < 4.78 is 29.0. The summed E-state index contributed by atoms with van der Waals surface area (Å²) in [6, 6.07) is 12.0. The Kier molecular flexibility index (Phi) is 11.3. The molecule has 292 valence electrons. The lowest BCUT2D eigenvalue weighted by Crippen LogP contribution is -2.52. The van der Waals surface area contributed by atoms with Crippen LogP contribution < -0.4 is 19.6 Å². The average molecular weight is 739 g/mol. The molecule has 0 unspecified atom stereocenters. The van der Waals surface area contributed by atoms with E-state index in [9.17, 15) is 9.59 Å². The summed E-state index contributed by atoms with van der Waals surface area (Å²) in [5.74, 6) is 6.50. The van der Waals surface area contributed by atoms with Crippen molar-refractivity contribution in [1.82, 2.24) is 0 Å². The van der Waals surface area contributed by atoms with E-state index < -0.39 is 0 Å². The minimum absolute atomic E-state index is 0.113. The van der Waals surface area contributed by atoms with Crippen LogP contribution in [0.4, 0.5) is 0 Å². The van der Waals surface area contributed by atoms with Gasteiger partial charge in [0.25, 0.3) is 0 Å². The fourth-order valence-corrected chi connectivity index (χ4v) is 11.2. The third-order valence-electron chi connectivity index (χ3n) is 14.3. The second-order valence-corrected chi connectivity index (χ2v) is 18.2. The molecular weight excluding hydrogens is 677 g/mol. The minimum Gasteiger partial charge on any atom is -0.497 e. The van der Waals surface area contributed by atoms with Crippen LogP contribution in [0.3, 0.4) is 0 Å². The maximum absolute atomic E-state index is 13.3. The Balaban J connectivity index is 0.933. The summed E-state index contributed by atoms with van der Waals surface area (Å²) >= 11 is 0. The number of carbonyl (C=O) groups excluding carboxylic acids is 1. The molecule has 8 atom stereocenters. The maximum atomic E-state index is 13.3. The lowest BCUT2D eigenvalue weighted by Gasteiger charge is -2.61. The first-order valence-corrected chi connectivity index (χ1v) is 20.8. The number of aryl methyl sites for hydroxylation is 1. The average Bonchev–Trinajstić information content (AvgIpc) is 3.15. The minimum atomic E-state index is -0.374. The molecule has 4 aliphatic carbocycles. The van der Waals surface area contributed by atoms with Crippen LogP contribution in [-0.4, -0.2) is 25.8 Å². The highest BCUT2D eigenvalue weighted by atomic mass is 16.6. The van der Waals surface area contributed by atoms with Crippen molar-refractivity contribution in [3.8, 4) is 23.0 Å². The highest BCUT2D eigenvalue weighted by molar-refractivity contribution is 5.80. The fraction of sp³-hybridized carbons (Fsp3) is 0.617. The Labute approximate surface area is 322 Å². The van der Waals surface area contributed by atoms with Gasteiger partial charge in [-0.1, -0.05) is 71.6 Å². The van der Waals surface area contributed by atoms with Gasteiger partial charge in [0.2, 0.25) is 11.2 Å². The third-order valence-corrected chi connectivity index (χ3v) is 14.3. The molecule has 0 radical (unpaired) electrons. The van der Waals surface area contributed by atoms with Crippen LogP contribution in [0.25, 0.3) is 11.0 Å². The zero-order valence-electron chi connectivity index (χ0n) is 33.7. The van der Waals surface area contributed by atoms with Crippen LogP contribution in [-0.2, 0) is 9.53 Å². The molecule has 54 heavy (non-hydrogen) atoms. The SMILES string of the molecule is COc1cccc(Oc2c(C)oc3cc(OCC(=O)O[C@@H]4CC[C@@]5(C)C(=CC[C@H]6[C@H]7CC[C@@H]([C@@H](C)CCCC(C)C)C[C@@]7(C)CC[C@H]65)C4)ccc3c2=O)c1. The molecule has 7 heteroatoms. The predicted octanol–water partition coefficient (Wildman–Crippen LogP) is 11.6. The second kappa shape index (κ2) is 15.8. The maximum Gasteiger partial charge on any atom is 0.344 e. The number of hydrogen-bond acceptors (Lipinski definition) is 7. The number of esters is 1. The summed E-state index contributed by atoms with van der Waals surface area (Å²) in [6.07, 6.45) is 17.5. The molecule has 0 spiro atoms. The number of rotatable bonds is 12. The topological polar surface area (TPSA) is 84.2 Å². The van der Waals surface area contributed by atoms with Gasteiger partial charge in [0.15, 0.2) is 6.61 Å². The second-order valence-electron chi connectivity index (χ2n) is 18.2. The molecule has 1 aromatic heterocycles. The van der Waals surface area contributed by atoms with Gasteiger partial charge in [-0.05, 0) is 129 Å². The van der Waals surface area contributed by atoms with E-state index in [2.05, 4.69) is 40.7 Å². The Hall–Kier alpha value is -3.74. The molecule has 3 fully saturated rings. The van der Waals surface area contributed by atoms with Crippen LogP contribution >= 0.6 is 0 Å². The molecule has 0 amide bonds. The normalized spacial score (nSPS) is 29.7. The van der Waals surface area contributed by atoms with Crippen LogP contribution in [0.5, 0.6) is 23.0 Å². The van der Waals surface area contributed by atoms with Crippen molar-refractivity contribution in [2.24, 2.45) is 46.3 Å². The zero-order chi connectivity index (χ0) is 38.2. The monoisotopic (exact) mass is 738 g/mol. The molecule has 1 heterocycles. The lowest BCUT2D eigenvalue weighted by atomic mass is 9.44. The van der Waals surface area contributed by atoms with E-state index in [0.29, 0.717) is 39.4 Å². The van der Waals surface area contributed by atoms with Gasteiger partial charge in [0.05, 0.1) is 12.5 Å². The van der Waals surface area contributed by atoms with Gasteiger partial charge in [-0.3, -0.25) is 4.79 Å². The molecule has 0 saturated heterocycles. The molecule has 0 N–H and O–H groups in total. The molecule has 4 aliphatic rings. The first-order chi connectivity index (χ1) is 25.9. The van der Waals surface area contributed by atoms with Crippen LogP contribution in [0, 0.1) is 53.3 Å². The number of methoxy groups -OCH3 is 1. The van der Waals surface area contributed by atoms with Crippen molar-refractivity contribution < 1.29 is 28.2 Å². The van der Waals surface area contributed by atoms with Gasteiger partial charge in [0.1, 0.15) is 34.7 Å². The Morgan fingerprint density at radius 1 is 0.944 bits per heavy atom. The van der Waals surface area contributed by atoms with Gasteiger partial charge in [-0.15, -0.1) is 0 Å². The summed E-state index contributed by atoms with van der Waals surface area (Å²) in [4.78, 5) is 26.4. The van der Waals surface area contributed by atoms with Crippen molar-refractivity contribution in [3.63, 3.8) is 0 Å². The zero-order valence-corrected chi connectivity index (χ0v) is 33.7. The molecule has 0 bridgehead atoms. The highest BCUT2D eigenvalue weighted by Crippen LogP contribution is 2.65. The Bertz CT molecular complexity index is 1910. The van der Waals surface area contributed by atoms with E-state index >= 15 is 0 Å². The summed E-state index contributed by atoms with van der Waals surface area (Å²) in [5, 5.41) is 0.360. The van der Waals surface area contributed by atoms with E-state index in [1.54, 1.807) is 56.5 Å². The first kappa shape index (κ1) is 38.5. The smallest absolute Gasteiger partial charge is 0.344 e. The van der Waals surface area contributed by atoms with Crippen molar-refractivity contribution in [2.75, 3.05) is 13.7 Å². The molecule has 3 aromatic rings. The van der Waals surface area contributed by atoms with E-state index in [1.165, 1.54) is 63.4 Å². The van der Waals surface area contributed by atoms with Crippen LogP contribution in [0.1, 0.15) is 117 Å². The number of carbonyl (C=O) groups is 1. The van der Waals surface area contributed by atoms with Gasteiger partial charge < -0.3 is 23.4 Å². The molecule has 7 rings (SSSR count). The van der Waals surface area contributed by atoms with Gasteiger partial charge >= 0.3 is 5.97 Å². The molecule has 2 aromatic carbocycles. The van der Waals surface area contributed by atoms with Crippen LogP contribution in [0.2, 0.25) is 0 Å². The molecule has 7 nitrogen and oxygen atoms in total. The molecule has 3 saturated carbocycles. The van der Waals surface area contributed by atoms with Gasteiger partial charge in [-0.2, -0.15) is 0 Å². The lowest BCUT2D eigenvalue weighted by molar-refractivity contribution is -0.154. The number of fused-ring (bicyclic) bond motifs is 6. The fourth-order valence-electron chi connectivity index (χ4n) is 11.2. The largest absolute Gasteiger partial charge is 0.497 e. The Morgan fingerprint density at radius 3 is 2.56 bits per heavy atom. The number of ether oxygens (including phenoxy) is 4. The molecular formula is C47H62O7.